The van der Waals surface area contributed by atoms with Crippen LogP contribution >= 0.6 is 0 Å². The number of benzene rings is 1. The van der Waals surface area contributed by atoms with E-state index in [-0.39, 0.29) is 5.91 Å². The molecule has 0 bridgehead atoms. The summed E-state index contributed by atoms with van der Waals surface area (Å²) in [5, 5.41) is 3.05. The minimum absolute atomic E-state index is 0.0587. The maximum Gasteiger partial charge on any atom is 0.226 e. The second-order valence-electron chi connectivity index (χ2n) is 9.18. The number of rotatable bonds is 11. The average molecular weight is 452 g/mol. The molecule has 1 amide bonds. The molecule has 0 unspecified atom stereocenters. The first kappa shape index (κ1) is 23.7. The quantitative estimate of drug-likeness (QED) is 0.522. The van der Waals surface area contributed by atoms with Crippen LogP contribution in [-0.2, 0) is 16.0 Å². The van der Waals surface area contributed by atoms with E-state index in [1.807, 2.05) is 30.5 Å². The molecule has 1 aliphatic heterocycles. The highest BCUT2D eigenvalue weighted by molar-refractivity contribution is 5.78. The van der Waals surface area contributed by atoms with Crippen LogP contribution in [0.3, 0.4) is 0 Å². The van der Waals surface area contributed by atoms with E-state index >= 15 is 0 Å². The molecule has 1 aromatic heterocycles. The zero-order chi connectivity index (χ0) is 22.7. The molecular weight excluding hydrogens is 414 g/mol. The smallest absolute Gasteiger partial charge is 0.226 e. The summed E-state index contributed by atoms with van der Waals surface area (Å²) in [6.07, 6.45) is 9.64. The third-order valence-corrected chi connectivity index (χ3v) is 6.69. The van der Waals surface area contributed by atoms with Gasteiger partial charge in [-0.1, -0.05) is 43.9 Å². The Bertz CT molecular complexity index is 842. The van der Waals surface area contributed by atoms with Gasteiger partial charge in [0, 0.05) is 43.6 Å². The largest absolute Gasteiger partial charge is 0.494 e. The molecule has 33 heavy (non-hydrogen) atoms. The number of nitrogens with one attached hydrogen (secondary N) is 1. The zero-order valence-electron chi connectivity index (χ0n) is 19.6. The molecule has 1 saturated heterocycles. The van der Waals surface area contributed by atoms with Crippen molar-refractivity contribution in [3.8, 4) is 16.9 Å². The lowest BCUT2D eigenvalue weighted by Gasteiger charge is -2.26. The van der Waals surface area contributed by atoms with Crippen LogP contribution in [0.2, 0.25) is 0 Å². The maximum absolute atomic E-state index is 12.2. The van der Waals surface area contributed by atoms with Gasteiger partial charge in [0.2, 0.25) is 5.91 Å². The van der Waals surface area contributed by atoms with E-state index in [9.17, 15) is 4.79 Å². The lowest BCUT2D eigenvalue weighted by molar-refractivity contribution is -0.120. The summed E-state index contributed by atoms with van der Waals surface area (Å²) in [6, 6.07) is 12.1. The highest BCUT2D eigenvalue weighted by Crippen LogP contribution is 2.27. The summed E-state index contributed by atoms with van der Waals surface area (Å²) in [4.78, 5) is 19.1. The topological polar surface area (TPSA) is 63.7 Å². The molecule has 6 heteroatoms. The van der Waals surface area contributed by atoms with Crippen LogP contribution in [0.4, 0.5) is 0 Å². The highest BCUT2D eigenvalue weighted by atomic mass is 16.5. The number of pyridine rings is 1. The van der Waals surface area contributed by atoms with E-state index in [0.29, 0.717) is 6.42 Å². The summed E-state index contributed by atoms with van der Waals surface area (Å²) in [5.74, 6) is 1.75. The van der Waals surface area contributed by atoms with Gasteiger partial charge in [-0.05, 0) is 42.5 Å². The van der Waals surface area contributed by atoms with Gasteiger partial charge < -0.3 is 14.8 Å². The standard InChI is InChI=1S/C27H37N3O3/c31-27(28-13-12-22-4-1-2-5-22)20-25-9-6-24(21-29-25)23-7-10-26(11-8-23)33-17-3-14-30-15-18-32-19-16-30/h6-11,21-22H,1-5,12-20H2,(H,28,31). The van der Waals surface area contributed by atoms with Crippen LogP contribution in [-0.4, -0.2) is 61.8 Å². The Hall–Kier alpha value is -2.44. The molecular formula is C27H37N3O3. The second-order valence-corrected chi connectivity index (χ2v) is 9.18. The molecule has 178 valence electrons. The van der Waals surface area contributed by atoms with Gasteiger partial charge in [0.1, 0.15) is 5.75 Å². The molecule has 2 aromatic rings. The van der Waals surface area contributed by atoms with Crippen LogP contribution < -0.4 is 10.1 Å². The minimum Gasteiger partial charge on any atom is -0.494 e. The Kier molecular flexibility index (Phi) is 9.13. The van der Waals surface area contributed by atoms with Crippen molar-refractivity contribution >= 4 is 5.91 Å². The van der Waals surface area contributed by atoms with Crippen molar-refractivity contribution in [1.29, 1.82) is 0 Å². The summed E-state index contributed by atoms with van der Waals surface area (Å²) in [5.41, 5.74) is 2.94. The van der Waals surface area contributed by atoms with Gasteiger partial charge in [0.25, 0.3) is 0 Å². The van der Waals surface area contributed by atoms with Crippen molar-refractivity contribution in [2.75, 3.05) is 46.0 Å². The van der Waals surface area contributed by atoms with Gasteiger partial charge in [-0.25, -0.2) is 0 Å². The number of nitrogens with zero attached hydrogens (tertiary/aromatic N) is 2. The zero-order valence-corrected chi connectivity index (χ0v) is 19.6. The van der Waals surface area contributed by atoms with E-state index in [1.54, 1.807) is 0 Å². The minimum atomic E-state index is 0.0587. The fourth-order valence-electron chi connectivity index (χ4n) is 4.69. The molecule has 1 saturated carbocycles. The second kappa shape index (κ2) is 12.7. The van der Waals surface area contributed by atoms with Crippen molar-refractivity contribution < 1.29 is 14.3 Å². The number of morpholine rings is 1. The van der Waals surface area contributed by atoms with Gasteiger partial charge in [-0.15, -0.1) is 0 Å². The van der Waals surface area contributed by atoms with E-state index in [0.717, 1.165) is 87.3 Å². The molecule has 1 aromatic carbocycles. The molecule has 2 aliphatic rings. The van der Waals surface area contributed by atoms with Crippen LogP contribution in [0.15, 0.2) is 42.6 Å². The van der Waals surface area contributed by atoms with Gasteiger partial charge >= 0.3 is 0 Å². The summed E-state index contributed by atoms with van der Waals surface area (Å²) < 4.78 is 11.3. The third kappa shape index (κ3) is 7.83. The van der Waals surface area contributed by atoms with Crippen LogP contribution in [0, 0.1) is 5.92 Å². The molecule has 2 fully saturated rings. The Morgan fingerprint density at radius 1 is 1.06 bits per heavy atom. The fourth-order valence-corrected chi connectivity index (χ4v) is 4.69. The summed E-state index contributed by atoms with van der Waals surface area (Å²) in [6.45, 7) is 6.27. The first-order valence-electron chi connectivity index (χ1n) is 12.5. The van der Waals surface area contributed by atoms with E-state index in [2.05, 4.69) is 27.3 Å². The fraction of sp³-hybridized carbons (Fsp3) is 0.556. The number of ether oxygens (including phenoxy) is 2. The molecule has 1 N–H and O–H groups in total. The van der Waals surface area contributed by atoms with Crippen molar-refractivity contribution in [3.63, 3.8) is 0 Å². The lowest BCUT2D eigenvalue weighted by Crippen LogP contribution is -2.37. The number of carbonyl (C=O) groups is 1. The SMILES string of the molecule is O=C(Cc1ccc(-c2ccc(OCCCN3CCOCC3)cc2)cn1)NCCC1CCCC1. The number of aromatic nitrogens is 1. The third-order valence-electron chi connectivity index (χ3n) is 6.69. The maximum atomic E-state index is 12.2. The van der Waals surface area contributed by atoms with Gasteiger partial charge in [0.05, 0.1) is 26.2 Å². The molecule has 4 rings (SSSR count). The highest BCUT2D eigenvalue weighted by Gasteiger charge is 2.15. The molecule has 1 aliphatic carbocycles. The molecule has 2 heterocycles. The van der Waals surface area contributed by atoms with Gasteiger partial charge in [0.15, 0.2) is 0 Å². The molecule has 0 spiro atoms. The van der Waals surface area contributed by atoms with Crippen LogP contribution in [0.25, 0.3) is 11.1 Å². The van der Waals surface area contributed by atoms with Crippen LogP contribution in [0.5, 0.6) is 5.75 Å². The Balaban J connectivity index is 1.16. The van der Waals surface area contributed by atoms with Crippen molar-refractivity contribution in [3.05, 3.63) is 48.3 Å². The average Bonchev–Trinajstić information content (AvgIpc) is 3.37. The van der Waals surface area contributed by atoms with E-state index in [4.69, 9.17) is 9.47 Å². The monoisotopic (exact) mass is 451 g/mol. The number of carbonyl (C=O) groups excluding carboxylic acids is 1. The summed E-state index contributed by atoms with van der Waals surface area (Å²) >= 11 is 0. The predicted octanol–water partition coefficient (Wildman–Crippen LogP) is 4.09. The van der Waals surface area contributed by atoms with Gasteiger partial charge in [-0.3, -0.25) is 14.7 Å². The normalized spacial score (nSPS) is 17.2. The van der Waals surface area contributed by atoms with Crippen molar-refractivity contribution in [1.82, 2.24) is 15.2 Å². The number of amides is 1. The number of hydrogen-bond donors (Lipinski definition) is 1. The molecule has 0 atom stereocenters. The van der Waals surface area contributed by atoms with Crippen molar-refractivity contribution in [2.45, 2.75) is 44.9 Å². The van der Waals surface area contributed by atoms with Crippen LogP contribution in [0.1, 0.15) is 44.2 Å². The molecule has 0 radical (unpaired) electrons. The Morgan fingerprint density at radius 2 is 1.82 bits per heavy atom. The Labute approximate surface area is 197 Å². The molecule has 6 nitrogen and oxygen atoms in total. The van der Waals surface area contributed by atoms with Gasteiger partial charge in [-0.2, -0.15) is 0 Å². The van der Waals surface area contributed by atoms with Crippen molar-refractivity contribution in [2.24, 2.45) is 5.92 Å². The van der Waals surface area contributed by atoms with E-state index in [1.165, 1.54) is 25.7 Å². The number of hydrogen-bond acceptors (Lipinski definition) is 5. The Morgan fingerprint density at radius 3 is 2.55 bits per heavy atom. The first-order valence-corrected chi connectivity index (χ1v) is 12.5. The van der Waals surface area contributed by atoms with E-state index < -0.39 is 0 Å². The summed E-state index contributed by atoms with van der Waals surface area (Å²) in [7, 11) is 0. The predicted molar refractivity (Wildman–Crippen MR) is 130 cm³/mol. The first-order chi connectivity index (χ1) is 16.3. The lowest BCUT2D eigenvalue weighted by atomic mass is 10.0.